The Bertz CT molecular complexity index is 1860. The number of hydrogen-bond acceptors (Lipinski definition) is 11. The molecule has 258 valence electrons. The molecule has 0 saturated carbocycles. The molecule has 0 atom stereocenters. The van der Waals surface area contributed by atoms with Gasteiger partial charge in [0.15, 0.2) is 0 Å². The Hall–Kier alpha value is -4.80. The van der Waals surface area contributed by atoms with Crippen molar-refractivity contribution < 1.29 is 64.7 Å². The van der Waals surface area contributed by atoms with Gasteiger partial charge in [-0.25, -0.2) is 15.3 Å². The molecular formula is C32H26BCl2EuN10O5. The molecular weight excluding hydrogens is 838 g/mol. The monoisotopic (exact) mass is 864 g/mol. The van der Waals surface area contributed by atoms with Gasteiger partial charge in [-0.15, -0.1) is 23.2 Å². The number of rotatable bonds is 6. The van der Waals surface area contributed by atoms with Gasteiger partial charge in [0.25, 0.3) is 0 Å². The van der Waals surface area contributed by atoms with Gasteiger partial charge in [0.05, 0.1) is 27.5 Å². The summed E-state index contributed by atoms with van der Waals surface area (Å²) in [7, 11) is -1.56. The number of nitrogens with zero attached hydrogens (tertiary/aromatic N) is 10. The average molecular weight is 864 g/mol. The molecule has 1 aromatic carbocycles. The van der Waals surface area contributed by atoms with Gasteiger partial charge in [-0.1, -0.05) is 18.2 Å². The average Bonchev–Trinajstić information content (AvgIpc) is 3.91. The first-order valence-electron chi connectivity index (χ1n) is 14.6. The van der Waals surface area contributed by atoms with E-state index in [9.17, 15) is 10.2 Å². The van der Waals surface area contributed by atoms with E-state index in [-0.39, 0.29) is 54.7 Å². The predicted octanol–water partition coefficient (Wildman–Crippen LogP) is 4.42. The van der Waals surface area contributed by atoms with Gasteiger partial charge >= 0.3 is 56.5 Å². The van der Waals surface area contributed by atoms with E-state index in [1.54, 1.807) is 36.8 Å². The second kappa shape index (κ2) is 21.4. The fraction of sp³-hybridized carbons (Fsp3) is 0.0312. The number of aromatic nitrogens is 9. The van der Waals surface area contributed by atoms with E-state index < -0.39 is 23.7 Å². The van der Waals surface area contributed by atoms with Crippen LogP contribution in [0.2, 0.25) is 0 Å². The molecule has 51 heavy (non-hydrogen) atoms. The summed E-state index contributed by atoms with van der Waals surface area (Å²) >= 11 is 9.53. The zero-order valence-electron chi connectivity index (χ0n) is 26.3. The largest absolute Gasteiger partial charge is 3.00 e. The van der Waals surface area contributed by atoms with Gasteiger partial charge in [-0.2, -0.15) is 0 Å². The summed E-state index contributed by atoms with van der Waals surface area (Å²) in [6.07, 6.45) is 11.1. The standard InChI is InChI=1S/C24H19BN9.C7H6O2.CH2Cl2.Eu.NO3/c1-4-13-26-19(7-1)22-10-16-32(29-22)25(33-17-11-23(30-33)20-8-2-5-14-27-20)34-18-12-24(31-34)21-9-3-6-15-28-21;8-6-4-2-1-3-5-7(6)9;2-1-3;;2-1(3)4/h1-18,25H;1-5,8H;1H2;;/q-1;;;+3;-1/p-1. The molecule has 0 amide bonds. The first-order chi connectivity index (χ1) is 24.3. The number of pyridine rings is 3. The van der Waals surface area contributed by atoms with Crippen LogP contribution in [0.25, 0.3) is 34.2 Å². The van der Waals surface area contributed by atoms with Crippen LogP contribution in [0, 0.1) is 64.7 Å². The first kappa shape index (κ1) is 40.6. The van der Waals surface area contributed by atoms with Crippen LogP contribution in [0.15, 0.2) is 140 Å². The Balaban J connectivity index is 0.000000346. The van der Waals surface area contributed by atoms with E-state index in [1.807, 2.05) is 105 Å². The molecule has 6 heterocycles. The zero-order valence-corrected chi connectivity index (χ0v) is 30.3. The van der Waals surface area contributed by atoms with Gasteiger partial charge < -0.3 is 39.3 Å². The summed E-state index contributed by atoms with van der Waals surface area (Å²) in [5, 5.41) is 50.5. The van der Waals surface area contributed by atoms with Crippen LogP contribution in [0.1, 0.15) is 0 Å². The molecule has 7 aromatic rings. The third-order valence-electron chi connectivity index (χ3n) is 6.53. The van der Waals surface area contributed by atoms with Crippen molar-refractivity contribution in [3.63, 3.8) is 0 Å². The molecule has 19 heteroatoms. The van der Waals surface area contributed by atoms with Crippen molar-refractivity contribution in [1.29, 1.82) is 0 Å². The summed E-state index contributed by atoms with van der Waals surface area (Å²) < 4.78 is 5.69. The van der Waals surface area contributed by atoms with Crippen LogP contribution in [0.5, 0.6) is 11.5 Å². The van der Waals surface area contributed by atoms with E-state index in [0.29, 0.717) is 0 Å². The minimum atomic E-state index is -1.75. The molecule has 0 spiro atoms. The number of halogens is 2. The quantitative estimate of drug-likeness (QED) is 0.0753. The normalized spacial score (nSPS) is 9.86. The van der Waals surface area contributed by atoms with Gasteiger partial charge in [0.1, 0.15) is 17.1 Å². The molecule has 0 radical (unpaired) electrons. The molecule has 0 unspecified atom stereocenters. The Morgan fingerprint density at radius 3 is 1.29 bits per heavy atom. The smallest absolute Gasteiger partial charge is 0.852 e. The molecule has 7 rings (SSSR count). The Labute approximate surface area is 342 Å². The fourth-order valence-electron chi connectivity index (χ4n) is 4.47. The van der Waals surface area contributed by atoms with Gasteiger partial charge in [-0.3, -0.25) is 15.0 Å². The van der Waals surface area contributed by atoms with Crippen molar-refractivity contribution in [2.24, 2.45) is 0 Å². The number of hydrogen-bond donors (Lipinski definition) is 0. The Morgan fingerprint density at radius 1 is 0.608 bits per heavy atom. The van der Waals surface area contributed by atoms with Crippen LogP contribution in [0.4, 0.5) is 0 Å². The number of alkyl halides is 2. The maximum Gasteiger partial charge on any atom is 3.00 e. The third-order valence-corrected chi connectivity index (χ3v) is 6.53. The van der Waals surface area contributed by atoms with Crippen LogP contribution < -0.4 is 10.2 Å². The second-order valence-electron chi connectivity index (χ2n) is 9.75. The molecule has 0 saturated heterocycles. The maximum atomic E-state index is 10.5. The summed E-state index contributed by atoms with van der Waals surface area (Å²) in [5.74, 6) is -0.917. The summed E-state index contributed by atoms with van der Waals surface area (Å²) in [4.78, 5) is 21.5. The minimum Gasteiger partial charge on any atom is -0.852 e. The van der Waals surface area contributed by atoms with Crippen LogP contribution in [-0.2, 0) is 0 Å². The molecule has 0 aliphatic rings. The molecule has 0 fully saturated rings. The van der Waals surface area contributed by atoms with Crippen molar-refractivity contribution in [3.8, 4) is 45.7 Å². The van der Waals surface area contributed by atoms with Gasteiger partial charge in [0.2, 0.25) is 0 Å². The topological polar surface area (TPSA) is 204 Å². The Kier molecular flexibility index (Phi) is 17.1. The maximum absolute atomic E-state index is 10.5. The molecule has 6 aromatic heterocycles. The second-order valence-corrected chi connectivity index (χ2v) is 10.6. The van der Waals surface area contributed by atoms with Gasteiger partial charge in [-0.05, 0) is 73.2 Å². The van der Waals surface area contributed by atoms with Crippen LogP contribution in [-0.4, -0.2) is 61.6 Å². The predicted molar refractivity (Wildman–Crippen MR) is 186 cm³/mol. The van der Waals surface area contributed by atoms with E-state index in [4.69, 9.17) is 53.8 Å². The van der Waals surface area contributed by atoms with Crippen molar-refractivity contribution in [2.75, 3.05) is 5.34 Å². The van der Waals surface area contributed by atoms with Crippen molar-refractivity contribution in [1.82, 2.24) is 44.0 Å². The molecule has 0 N–H and O–H groups in total. The van der Waals surface area contributed by atoms with E-state index in [0.717, 1.165) is 34.2 Å². The van der Waals surface area contributed by atoms with Crippen LogP contribution >= 0.6 is 23.2 Å². The Morgan fingerprint density at radius 2 is 0.961 bits per heavy atom. The molecule has 0 aliphatic carbocycles. The molecule has 15 nitrogen and oxygen atoms in total. The van der Waals surface area contributed by atoms with E-state index >= 15 is 0 Å². The van der Waals surface area contributed by atoms with E-state index in [1.165, 1.54) is 12.1 Å². The van der Waals surface area contributed by atoms with E-state index in [2.05, 4.69) is 15.0 Å². The minimum absolute atomic E-state index is 0. The third kappa shape index (κ3) is 12.5. The van der Waals surface area contributed by atoms with Gasteiger partial charge in [0, 0.05) is 60.4 Å². The van der Waals surface area contributed by atoms with Crippen molar-refractivity contribution >= 4 is 30.3 Å². The summed E-state index contributed by atoms with van der Waals surface area (Å²) in [6.45, 7) is 0. The SMILES string of the molecule is ClCCl.O=[N+]([O-])[O-].[Eu+3].[O-]c1ccccc[c+]1[O-].c1ccc(-c2ccn([BH-](n3ccc(-c4ccccn4)n3)n3ccc(-c4ccccn4)n3)n2)nc1. The van der Waals surface area contributed by atoms with Crippen LogP contribution in [0.3, 0.4) is 0 Å². The summed E-state index contributed by atoms with van der Waals surface area (Å²) in [5.41, 5.74) is 4.78. The molecule has 0 aliphatic heterocycles. The first-order valence-corrected chi connectivity index (χ1v) is 15.6. The molecule has 0 bridgehead atoms. The zero-order chi connectivity index (χ0) is 35.7. The summed E-state index contributed by atoms with van der Waals surface area (Å²) in [6, 6.07) is 30.4. The van der Waals surface area contributed by atoms with Crippen molar-refractivity contribution in [3.05, 3.63) is 156 Å². The van der Waals surface area contributed by atoms with Crippen molar-refractivity contribution in [2.45, 2.75) is 0 Å². The fourth-order valence-corrected chi connectivity index (χ4v) is 4.47.